The summed E-state index contributed by atoms with van der Waals surface area (Å²) in [6.07, 6.45) is 0. The van der Waals surface area contributed by atoms with E-state index in [1.54, 1.807) is 0 Å². The number of hydrogen-bond donors (Lipinski definition) is 1. The van der Waals surface area contributed by atoms with Crippen LogP contribution in [0.15, 0.2) is 30.3 Å². The van der Waals surface area contributed by atoms with Crippen LogP contribution in [0.4, 0.5) is 0 Å². The molecular weight excluding hydrogens is 190 g/mol. The van der Waals surface area contributed by atoms with E-state index in [-0.39, 0.29) is 11.9 Å². The van der Waals surface area contributed by atoms with E-state index < -0.39 is 0 Å². The van der Waals surface area contributed by atoms with Crippen molar-refractivity contribution in [3.63, 3.8) is 0 Å². The van der Waals surface area contributed by atoms with Crippen LogP contribution in [0.1, 0.15) is 12.5 Å². The van der Waals surface area contributed by atoms with Gasteiger partial charge in [-0.2, -0.15) is 0 Å². The maximum atomic E-state index is 11.1. The van der Waals surface area contributed by atoms with Gasteiger partial charge in [-0.3, -0.25) is 4.79 Å². The van der Waals surface area contributed by atoms with Crippen molar-refractivity contribution in [2.24, 2.45) is 5.92 Å². The second-order valence-corrected chi connectivity index (χ2v) is 3.64. The zero-order valence-corrected chi connectivity index (χ0v) is 9.27. The highest BCUT2D eigenvalue weighted by molar-refractivity contribution is 5.71. The molecule has 1 aromatic rings. The molecule has 0 bridgehead atoms. The Hall–Kier alpha value is -1.35. The number of quaternary nitrogens is 1. The van der Waals surface area contributed by atoms with Crippen molar-refractivity contribution >= 4 is 5.97 Å². The fraction of sp³-hybridized carbons (Fsp3) is 0.417. The van der Waals surface area contributed by atoms with Gasteiger partial charge in [-0.25, -0.2) is 0 Å². The van der Waals surface area contributed by atoms with Crippen molar-refractivity contribution in [3.8, 4) is 0 Å². The van der Waals surface area contributed by atoms with Gasteiger partial charge in [0.15, 0.2) is 0 Å². The molecule has 0 radical (unpaired) electrons. The largest absolute Gasteiger partial charge is 0.469 e. The number of nitrogens with two attached hydrogens (primary N) is 1. The Morgan fingerprint density at radius 2 is 2.07 bits per heavy atom. The fourth-order valence-corrected chi connectivity index (χ4v) is 1.41. The molecule has 0 aliphatic carbocycles. The first-order chi connectivity index (χ1) is 7.24. The summed E-state index contributed by atoms with van der Waals surface area (Å²) in [5.74, 6) is -0.182. The van der Waals surface area contributed by atoms with E-state index in [4.69, 9.17) is 0 Å². The van der Waals surface area contributed by atoms with Gasteiger partial charge in [-0.05, 0) is 6.92 Å². The van der Waals surface area contributed by atoms with Crippen LogP contribution in [0, 0.1) is 5.92 Å². The Morgan fingerprint density at radius 1 is 1.40 bits per heavy atom. The summed E-state index contributed by atoms with van der Waals surface area (Å²) < 4.78 is 4.66. The summed E-state index contributed by atoms with van der Waals surface area (Å²) in [6, 6.07) is 10.2. The summed E-state index contributed by atoms with van der Waals surface area (Å²) in [6.45, 7) is 3.55. The number of benzene rings is 1. The van der Waals surface area contributed by atoms with Crippen LogP contribution < -0.4 is 5.32 Å². The third-order valence-electron chi connectivity index (χ3n) is 2.35. The van der Waals surface area contributed by atoms with Crippen LogP contribution in [-0.4, -0.2) is 19.6 Å². The van der Waals surface area contributed by atoms with E-state index in [2.05, 4.69) is 22.2 Å². The number of carbonyl (C=O) groups is 1. The maximum absolute atomic E-state index is 11.1. The standard InChI is InChI=1S/C12H17NO2/c1-10(12(14)15-2)8-13-9-11-6-4-3-5-7-11/h3-7,10,13H,8-9H2,1-2H3/p+1. The summed E-state index contributed by atoms with van der Waals surface area (Å²) in [5.41, 5.74) is 1.27. The molecule has 0 fully saturated rings. The van der Waals surface area contributed by atoms with Crippen molar-refractivity contribution in [2.45, 2.75) is 13.5 Å². The minimum absolute atomic E-state index is 0.0429. The molecule has 0 aliphatic heterocycles. The lowest BCUT2D eigenvalue weighted by Gasteiger charge is -2.07. The lowest BCUT2D eigenvalue weighted by atomic mass is 10.1. The Kier molecular flexibility index (Phi) is 4.84. The van der Waals surface area contributed by atoms with Gasteiger partial charge in [0, 0.05) is 5.56 Å². The number of rotatable bonds is 5. The Labute approximate surface area is 90.4 Å². The van der Waals surface area contributed by atoms with E-state index >= 15 is 0 Å². The molecule has 2 N–H and O–H groups in total. The molecule has 1 atom stereocenters. The van der Waals surface area contributed by atoms with Crippen molar-refractivity contribution in [3.05, 3.63) is 35.9 Å². The van der Waals surface area contributed by atoms with E-state index in [1.807, 2.05) is 25.1 Å². The fourth-order valence-electron chi connectivity index (χ4n) is 1.41. The summed E-state index contributed by atoms with van der Waals surface area (Å²) in [5, 5.41) is 2.12. The highest BCUT2D eigenvalue weighted by atomic mass is 16.5. The minimum Gasteiger partial charge on any atom is -0.469 e. The van der Waals surface area contributed by atoms with Crippen LogP contribution >= 0.6 is 0 Å². The van der Waals surface area contributed by atoms with Crippen molar-refractivity contribution in [1.29, 1.82) is 0 Å². The Balaban J connectivity index is 2.25. The average Bonchev–Trinajstić information content (AvgIpc) is 2.29. The van der Waals surface area contributed by atoms with Gasteiger partial charge in [0.25, 0.3) is 0 Å². The molecule has 0 saturated carbocycles. The first kappa shape index (κ1) is 11.7. The van der Waals surface area contributed by atoms with Gasteiger partial charge >= 0.3 is 5.97 Å². The van der Waals surface area contributed by atoms with E-state index in [0.717, 1.165) is 13.1 Å². The van der Waals surface area contributed by atoms with Crippen LogP contribution in [0.25, 0.3) is 0 Å². The first-order valence-corrected chi connectivity index (χ1v) is 5.17. The molecule has 15 heavy (non-hydrogen) atoms. The first-order valence-electron chi connectivity index (χ1n) is 5.17. The van der Waals surface area contributed by atoms with Crippen LogP contribution in [-0.2, 0) is 16.1 Å². The normalized spacial score (nSPS) is 12.1. The van der Waals surface area contributed by atoms with Gasteiger partial charge in [0.1, 0.15) is 12.5 Å². The molecule has 82 valence electrons. The lowest BCUT2D eigenvalue weighted by molar-refractivity contribution is -0.674. The van der Waals surface area contributed by atoms with E-state index in [9.17, 15) is 4.79 Å². The lowest BCUT2D eigenvalue weighted by Crippen LogP contribution is -2.84. The van der Waals surface area contributed by atoms with Crippen molar-refractivity contribution in [1.82, 2.24) is 0 Å². The summed E-state index contributed by atoms with van der Waals surface area (Å²) >= 11 is 0. The van der Waals surface area contributed by atoms with Crippen LogP contribution in [0.3, 0.4) is 0 Å². The molecule has 0 saturated heterocycles. The molecule has 0 amide bonds. The van der Waals surface area contributed by atoms with Gasteiger partial charge < -0.3 is 10.1 Å². The molecule has 1 aromatic carbocycles. The quantitative estimate of drug-likeness (QED) is 0.718. The number of carbonyl (C=O) groups excluding carboxylic acids is 1. The van der Waals surface area contributed by atoms with Gasteiger partial charge in [-0.1, -0.05) is 30.3 Å². The summed E-state index contributed by atoms with van der Waals surface area (Å²) in [4.78, 5) is 11.1. The maximum Gasteiger partial charge on any atom is 0.314 e. The SMILES string of the molecule is COC(=O)C(C)C[NH2+]Cc1ccccc1. The number of esters is 1. The van der Waals surface area contributed by atoms with Crippen LogP contribution in [0.5, 0.6) is 0 Å². The van der Waals surface area contributed by atoms with Crippen molar-refractivity contribution in [2.75, 3.05) is 13.7 Å². The smallest absolute Gasteiger partial charge is 0.314 e. The Bertz CT molecular complexity index is 298. The molecule has 0 spiro atoms. The van der Waals surface area contributed by atoms with Crippen molar-refractivity contribution < 1.29 is 14.8 Å². The number of hydrogen-bond acceptors (Lipinski definition) is 2. The van der Waals surface area contributed by atoms with Gasteiger partial charge in [0.05, 0.1) is 13.7 Å². The predicted molar refractivity (Wildman–Crippen MR) is 58.1 cm³/mol. The highest BCUT2D eigenvalue weighted by Gasteiger charge is 2.14. The number of methoxy groups -OCH3 is 1. The molecule has 0 heterocycles. The van der Waals surface area contributed by atoms with Gasteiger partial charge in [0.2, 0.25) is 0 Å². The van der Waals surface area contributed by atoms with Crippen LogP contribution in [0.2, 0.25) is 0 Å². The molecule has 0 aromatic heterocycles. The predicted octanol–water partition coefficient (Wildman–Crippen LogP) is 0.559. The third kappa shape index (κ3) is 4.13. The summed E-state index contributed by atoms with van der Waals surface area (Å²) in [7, 11) is 1.43. The van der Waals surface area contributed by atoms with Gasteiger partial charge in [-0.15, -0.1) is 0 Å². The molecule has 1 rings (SSSR count). The second-order valence-electron chi connectivity index (χ2n) is 3.64. The minimum atomic E-state index is -0.140. The third-order valence-corrected chi connectivity index (χ3v) is 2.35. The second kappa shape index (κ2) is 6.19. The zero-order valence-electron chi connectivity index (χ0n) is 9.27. The molecule has 3 heteroatoms. The number of ether oxygens (including phenoxy) is 1. The molecule has 0 aliphatic rings. The zero-order chi connectivity index (χ0) is 11.1. The molecular formula is C12H18NO2+. The highest BCUT2D eigenvalue weighted by Crippen LogP contribution is 1.96. The Morgan fingerprint density at radius 3 is 2.67 bits per heavy atom. The molecule has 1 unspecified atom stereocenters. The topological polar surface area (TPSA) is 42.9 Å². The monoisotopic (exact) mass is 208 g/mol. The average molecular weight is 208 g/mol. The van der Waals surface area contributed by atoms with E-state index in [0.29, 0.717) is 0 Å². The molecule has 3 nitrogen and oxygen atoms in total. The van der Waals surface area contributed by atoms with E-state index in [1.165, 1.54) is 12.7 Å².